The fraction of sp³-hybridized carbons (Fsp3) is 1.00. The summed E-state index contributed by atoms with van der Waals surface area (Å²) in [6, 6.07) is 0. The van der Waals surface area contributed by atoms with E-state index >= 15 is 0 Å². The van der Waals surface area contributed by atoms with Crippen molar-refractivity contribution >= 4 is 0 Å². The second-order valence-corrected chi connectivity index (χ2v) is 5.70. The van der Waals surface area contributed by atoms with E-state index in [0.717, 1.165) is 11.8 Å². The molecule has 1 N–H and O–H groups in total. The highest BCUT2D eigenvalue weighted by Crippen LogP contribution is 2.35. The summed E-state index contributed by atoms with van der Waals surface area (Å²) >= 11 is 0. The number of rotatable bonds is 5. The third-order valence-electron chi connectivity index (χ3n) is 4.53. The van der Waals surface area contributed by atoms with E-state index in [1.807, 2.05) is 7.05 Å². The van der Waals surface area contributed by atoms with Crippen LogP contribution in [0.5, 0.6) is 0 Å². The number of fused-ring (bicyclic) bond motifs is 1. The Kier molecular flexibility index (Phi) is 5.11. The van der Waals surface area contributed by atoms with Crippen LogP contribution in [0.15, 0.2) is 0 Å². The monoisotopic (exact) mass is 224 g/mol. The summed E-state index contributed by atoms with van der Waals surface area (Å²) in [6.07, 6.45) is 10.2. The molecule has 2 atom stereocenters. The molecule has 0 aromatic carbocycles. The summed E-state index contributed by atoms with van der Waals surface area (Å²) < 4.78 is 0. The Hall–Kier alpha value is -0.0800. The van der Waals surface area contributed by atoms with Crippen molar-refractivity contribution < 1.29 is 0 Å². The molecular weight excluding hydrogens is 196 g/mol. The van der Waals surface area contributed by atoms with Crippen LogP contribution < -0.4 is 5.32 Å². The van der Waals surface area contributed by atoms with Gasteiger partial charge in [0.1, 0.15) is 0 Å². The van der Waals surface area contributed by atoms with E-state index < -0.39 is 0 Å². The number of nitrogens with zero attached hydrogens (tertiary/aromatic N) is 1. The normalized spacial score (nSPS) is 31.3. The molecule has 0 amide bonds. The Morgan fingerprint density at radius 2 is 1.88 bits per heavy atom. The molecule has 2 rings (SSSR count). The van der Waals surface area contributed by atoms with Gasteiger partial charge in [-0.1, -0.05) is 19.3 Å². The largest absolute Gasteiger partial charge is 0.320 e. The van der Waals surface area contributed by atoms with Crippen molar-refractivity contribution in [2.75, 3.05) is 33.2 Å². The molecule has 1 saturated carbocycles. The van der Waals surface area contributed by atoms with E-state index in [-0.39, 0.29) is 0 Å². The first-order chi connectivity index (χ1) is 7.90. The molecule has 0 radical (unpaired) electrons. The average Bonchev–Trinajstić information content (AvgIpc) is 2.34. The topological polar surface area (TPSA) is 15.3 Å². The number of likely N-dealkylation sites (tertiary alicyclic amines) is 1. The molecule has 0 bridgehead atoms. The molecule has 0 spiro atoms. The fourth-order valence-electron chi connectivity index (χ4n) is 3.52. The van der Waals surface area contributed by atoms with E-state index in [2.05, 4.69) is 10.2 Å². The summed E-state index contributed by atoms with van der Waals surface area (Å²) in [4.78, 5) is 2.72. The first-order valence-electron chi connectivity index (χ1n) is 7.27. The Morgan fingerprint density at radius 3 is 2.69 bits per heavy atom. The van der Waals surface area contributed by atoms with Crippen molar-refractivity contribution in [3.63, 3.8) is 0 Å². The number of hydrogen-bond donors (Lipinski definition) is 1. The molecule has 0 aromatic heterocycles. The fourth-order valence-corrected chi connectivity index (χ4v) is 3.52. The van der Waals surface area contributed by atoms with Crippen LogP contribution in [0.4, 0.5) is 0 Å². The second kappa shape index (κ2) is 6.61. The molecule has 2 unspecified atom stereocenters. The zero-order chi connectivity index (χ0) is 11.2. The van der Waals surface area contributed by atoms with E-state index in [0.29, 0.717) is 0 Å². The van der Waals surface area contributed by atoms with Crippen LogP contribution in [0.1, 0.15) is 44.9 Å². The van der Waals surface area contributed by atoms with Crippen LogP contribution in [0, 0.1) is 11.8 Å². The van der Waals surface area contributed by atoms with Gasteiger partial charge in [0.15, 0.2) is 0 Å². The lowest BCUT2D eigenvalue weighted by Crippen LogP contribution is -2.42. The van der Waals surface area contributed by atoms with Crippen LogP contribution in [0.25, 0.3) is 0 Å². The molecule has 94 valence electrons. The van der Waals surface area contributed by atoms with Crippen LogP contribution in [-0.2, 0) is 0 Å². The molecule has 2 nitrogen and oxygen atoms in total. The van der Waals surface area contributed by atoms with Crippen LogP contribution in [-0.4, -0.2) is 38.1 Å². The minimum absolute atomic E-state index is 1.05. The van der Waals surface area contributed by atoms with Gasteiger partial charge in [-0.3, -0.25) is 0 Å². The molecule has 2 heteroatoms. The molecule has 2 aliphatic rings. The van der Waals surface area contributed by atoms with Crippen molar-refractivity contribution in [1.82, 2.24) is 10.2 Å². The van der Waals surface area contributed by atoms with Gasteiger partial charge in [-0.2, -0.15) is 0 Å². The maximum atomic E-state index is 3.23. The van der Waals surface area contributed by atoms with Crippen molar-refractivity contribution in [3.05, 3.63) is 0 Å². The van der Waals surface area contributed by atoms with Crippen LogP contribution in [0.3, 0.4) is 0 Å². The third-order valence-corrected chi connectivity index (χ3v) is 4.53. The molecule has 1 saturated heterocycles. The second-order valence-electron chi connectivity index (χ2n) is 5.70. The quantitative estimate of drug-likeness (QED) is 0.722. The summed E-state index contributed by atoms with van der Waals surface area (Å²) in [7, 11) is 2.05. The maximum absolute atomic E-state index is 3.23. The van der Waals surface area contributed by atoms with Gasteiger partial charge in [-0.05, 0) is 64.2 Å². The third kappa shape index (κ3) is 3.46. The molecule has 0 aromatic rings. The number of hydrogen-bond acceptors (Lipinski definition) is 2. The molecular formula is C14H28N2. The van der Waals surface area contributed by atoms with Crippen molar-refractivity contribution in [2.24, 2.45) is 11.8 Å². The van der Waals surface area contributed by atoms with Crippen molar-refractivity contribution in [1.29, 1.82) is 0 Å². The lowest BCUT2D eigenvalue weighted by atomic mass is 9.75. The Morgan fingerprint density at radius 1 is 1.06 bits per heavy atom. The SMILES string of the molecule is CNCCCCN1CCC2CCCCC2C1. The smallest absolute Gasteiger partial charge is 0.00123 e. The average molecular weight is 224 g/mol. The van der Waals surface area contributed by atoms with Gasteiger partial charge in [0, 0.05) is 6.54 Å². The molecule has 16 heavy (non-hydrogen) atoms. The molecule has 1 aliphatic heterocycles. The van der Waals surface area contributed by atoms with Crippen molar-refractivity contribution in [2.45, 2.75) is 44.9 Å². The number of piperidine rings is 1. The van der Waals surface area contributed by atoms with Gasteiger partial charge in [-0.25, -0.2) is 0 Å². The standard InChI is InChI=1S/C14H28N2/c1-15-9-4-5-10-16-11-8-13-6-2-3-7-14(13)12-16/h13-15H,2-12H2,1H3. The van der Waals surface area contributed by atoms with Gasteiger partial charge in [0.25, 0.3) is 0 Å². The van der Waals surface area contributed by atoms with Crippen LogP contribution >= 0.6 is 0 Å². The predicted molar refractivity (Wildman–Crippen MR) is 69.7 cm³/mol. The summed E-state index contributed by atoms with van der Waals surface area (Å²) in [6.45, 7) is 5.30. The van der Waals surface area contributed by atoms with Crippen molar-refractivity contribution in [3.8, 4) is 0 Å². The van der Waals surface area contributed by atoms with E-state index in [4.69, 9.17) is 0 Å². The van der Waals surface area contributed by atoms with E-state index in [1.165, 1.54) is 71.1 Å². The highest BCUT2D eigenvalue weighted by Gasteiger charge is 2.30. The van der Waals surface area contributed by atoms with E-state index in [1.54, 1.807) is 0 Å². The zero-order valence-corrected chi connectivity index (χ0v) is 10.9. The first-order valence-corrected chi connectivity index (χ1v) is 7.27. The summed E-state index contributed by atoms with van der Waals surface area (Å²) in [5.74, 6) is 2.13. The van der Waals surface area contributed by atoms with Gasteiger partial charge < -0.3 is 10.2 Å². The highest BCUT2D eigenvalue weighted by atomic mass is 15.1. The maximum Gasteiger partial charge on any atom is 0.00123 e. The van der Waals surface area contributed by atoms with Gasteiger partial charge in [0.2, 0.25) is 0 Å². The summed E-state index contributed by atoms with van der Waals surface area (Å²) in [5, 5.41) is 3.23. The number of nitrogens with one attached hydrogen (secondary N) is 1. The summed E-state index contributed by atoms with van der Waals surface area (Å²) in [5.41, 5.74) is 0. The minimum atomic E-state index is 1.05. The molecule has 2 fully saturated rings. The highest BCUT2D eigenvalue weighted by molar-refractivity contribution is 4.83. The minimum Gasteiger partial charge on any atom is -0.320 e. The van der Waals surface area contributed by atoms with E-state index in [9.17, 15) is 0 Å². The van der Waals surface area contributed by atoms with Gasteiger partial charge in [0.05, 0.1) is 0 Å². The molecule has 1 heterocycles. The lowest BCUT2D eigenvalue weighted by molar-refractivity contribution is 0.0858. The zero-order valence-electron chi connectivity index (χ0n) is 10.9. The predicted octanol–water partition coefficient (Wildman–Crippen LogP) is 2.50. The van der Waals surface area contributed by atoms with Gasteiger partial charge in [-0.15, -0.1) is 0 Å². The Labute approximate surface area is 101 Å². The lowest BCUT2D eigenvalue weighted by Gasteiger charge is -2.41. The Balaban J connectivity index is 1.65. The number of unbranched alkanes of at least 4 members (excludes halogenated alkanes) is 1. The Bertz CT molecular complexity index is 193. The first kappa shape index (κ1) is 12.4. The van der Waals surface area contributed by atoms with Crippen LogP contribution in [0.2, 0.25) is 0 Å². The van der Waals surface area contributed by atoms with Gasteiger partial charge >= 0.3 is 0 Å². The molecule has 1 aliphatic carbocycles.